The van der Waals surface area contributed by atoms with E-state index in [2.05, 4.69) is 5.32 Å². The molecule has 1 atom stereocenters. The van der Waals surface area contributed by atoms with Crippen molar-refractivity contribution in [1.29, 1.82) is 0 Å². The lowest BCUT2D eigenvalue weighted by molar-refractivity contribution is -0.119. The van der Waals surface area contributed by atoms with Crippen molar-refractivity contribution in [1.82, 2.24) is 5.32 Å². The summed E-state index contributed by atoms with van der Waals surface area (Å²) in [6.45, 7) is 4.74. The highest BCUT2D eigenvalue weighted by molar-refractivity contribution is 5.73. The van der Waals surface area contributed by atoms with Gasteiger partial charge in [-0.1, -0.05) is 13.0 Å². The van der Waals surface area contributed by atoms with Gasteiger partial charge in [0.15, 0.2) is 11.5 Å². The van der Waals surface area contributed by atoms with Crippen LogP contribution >= 0.6 is 0 Å². The summed E-state index contributed by atoms with van der Waals surface area (Å²) in [5.41, 5.74) is 1.05. The van der Waals surface area contributed by atoms with Gasteiger partial charge in [-0.3, -0.25) is 4.79 Å². The van der Waals surface area contributed by atoms with E-state index in [1.54, 1.807) is 0 Å². The predicted octanol–water partition coefficient (Wildman–Crippen LogP) is 2.04. The third-order valence-electron chi connectivity index (χ3n) is 2.75. The number of carbonyl (C=O) groups is 1. The van der Waals surface area contributed by atoms with Crippen LogP contribution in [0.3, 0.4) is 0 Å². The van der Waals surface area contributed by atoms with Crippen molar-refractivity contribution >= 4 is 5.91 Å². The molecule has 1 amide bonds. The summed E-state index contributed by atoms with van der Waals surface area (Å²) < 4.78 is 11.0. The molecule has 0 radical (unpaired) electrons. The number of hydrogen-bond acceptors (Lipinski definition) is 3. The number of hydrogen-bond donors (Lipinski definition) is 1. The van der Waals surface area contributed by atoms with Gasteiger partial charge in [0.2, 0.25) is 5.91 Å². The molecule has 4 heteroatoms. The zero-order chi connectivity index (χ0) is 12.3. The quantitative estimate of drug-likeness (QED) is 0.872. The van der Waals surface area contributed by atoms with Crippen LogP contribution in [0.15, 0.2) is 18.2 Å². The minimum atomic E-state index is -0.0215. The molecule has 0 fully saturated rings. The van der Waals surface area contributed by atoms with Crippen LogP contribution < -0.4 is 14.8 Å². The van der Waals surface area contributed by atoms with Crippen LogP contribution in [0.2, 0.25) is 0 Å². The second-order valence-electron chi connectivity index (χ2n) is 4.06. The molecule has 17 heavy (non-hydrogen) atoms. The first-order valence-corrected chi connectivity index (χ1v) is 5.87. The molecule has 1 aromatic rings. The predicted molar refractivity (Wildman–Crippen MR) is 64.3 cm³/mol. The van der Waals surface area contributed by atoms with E-state index >= 15 is 0 Å². The molecule has 0 saturated heterocycles. The Morgan fingerprint density at radius 3 is 2.71 bits per heavy atom. The number of fused-ring (bicyclic) bond motifs is 1. The van der Waals surface area contributed by atoms with Crippen LogP contribution in [0.4, 0.5) is 0 Å². The molecule has 0 aromatic heterocycles. The maximum atomic E-state index is 11.1. The maximum Gasteiger partial charge on any atom is 0.217 e. The summed E-state index contributed by atoms with van der Waals surface area (Å²) in [5.74, 6) is 1.52. The Bertz CT molecular complexity index is 417. The highest BCUT2D eigenvalue weighted by atomic mass is 16.6. The summed E-state index contributed by atoms with van der Waals surface area (Å²) in [6, 6.07) is 5.84. The average molecular weight is 235 g/mol. The fraction of sp³-hybridized carbons (Fsp3) is 0.462. The number of nitrogens with one attached hydrogen (secondary N) is 1. The van der Waals surface area contributed by atoms with Crippen LogP contribution in [0.5, 0.6) is 11.5 Å². The number of carbonyl (C=O) groups excluding carboxylic acids is 1. The van der Waals surface area contributed by atoms with E-state index < -0.39 is 0 Å². The van der Waals surface area contributed by atoms with Crippen molar-refractivity contribution in [2.24, 2.45) is 0 Å². The highest BCUT2D eigenvalue weighted by Crippen LogP contribution is 2.33. The molecule has 1 aliphatic heterocycles. The SMILES string of the molecule is CCC(NC(C)=O)c1ccc2c(c1)OCCO2. The van der Waals surface area contributed by atoms with Crippen molar-refractivity contribution in [3.05, 3.63) is 23.8 Å². The molecular formula is C13H17NO3. The van der Waals surface area contributed by atoms with E-state index in [-0.39, 0.29) is 11.9 Å². The van der Waals surface area contributed by atoms with Crippen molar-refractivity contribution in [3.63, 3.8) is 0 Å². The molecule has 1 N–H and O–H groups in total. The van der Waals surface area contributed by atoms with Crippen LogP contribution in [-0.2, 0) is 4.79 Å². The topological polar surface area (TPSA) is 47.6 Å². The smallest absolute Gasteiger partial charge is 0.217 e. The van der Waals surface area contributed by atoms with Gasteiger partial charge in [-0.15, -0.1) is 0 Å². The van der Waals surface area contributed by atoms with Crippen molar-refractivity contribution in [2.45, 2.75) is 26.3 Å². The minimum Gasteiger partial charge on any atom is -0.486 e. The van der Waals surface area contributed by atoms with E-state index in [9.17, 15) is 4.79 Å². The van der Waals surface area contributed by atoms with Gasteiger partial charge in [0.25, 0.3) is 0 Å². The summed E-state index contributed by atoms with van der Waals surface area (Å²) in [5, 5.41) is 2.92. The Kier molecular flexibility index (Phi) is 3.52. The summed E-state index contributed by atoms with van der Waals surface area (Å²) in [7, 11) is 0. The molecule has 1 aromatic carbocycles. The molecule has 0 bridgehead atoms. The average Bonchev–Trinajstić information content (AvgIpc) is 2.35. The number of rotatable bonds is 3. The lowest BCUT2D eigenvalue weighted by atomic mass is 10.0. The molecule has 1 unspecified atom stereocenters. The maximum absolute atomic E-state index is 11.1. The van der Waals surface area contributed by atoms with E-state index in [0.29, 0.717) is 13.2 Å². The van der Waals surface area contributed by atoms with E-state index in [1.165, 1.54) is 6.92 Å². The summed E-state index contributed by atoms with van der Waals surface area (Å²) >= 11 is 0. The van der Waals surface area contributed by atoms with Gasteiger partial charge in [-0.05, 0) is 24.1 Å². The summed E-state index contributed by atoms with van der Waals surface area (Å²) in [6.07, 6.45) is 0.846. The lowest BCUT2D eigenvalue weighted by Crippen LogP contribution is -2.25. The number of amides is 1. The Morgan fingerprint density at radius 2 is 2.06 bits per heavy atom. The molecule has 1 heterocycles. The van der Waals surface area contributed by atoms with Gasteiger partial charge >= 0.3 is 0 Å². The molecule has 1 aliphatic rings. The van der Waals surface area contributed by atoms with Crippen LogP contribution in [0, 0.1) is 0 Å². The Labute approximate surface area is 101 Å². The molecule has 4 nitrogen and oxygen atoms in total. The Hall–Kier alpha value is -1.71. The van der Waals surface area contributed by atoms with Crippen molar-refractivity contribution < 1.29 is 14.3 Å². The Balaban J connectivity index is 2.22. The molecule has 92 valence electrons. The monoisotopic (exact) mass is 235 g/mol. The normalized spacial score (nSPS) is 15.2. The molecule has 0 spiro atoms. The zero-order valence-electron chi connectivity index (χ0n) is 10.2. The fourth-order valence-corrected chi connectivity index (χ4v) is 1.94. The van der Waals surface area contributed by atoms with Gasteiger partial charge in [-0.2, -0.15) is 0 Å². The minimum absolute atomic E-state index is 0.0215. The van der Waals surface area contributed by atoms with Crippen LogP contribution in [-0.4, -0.2) is 19.1 Å². The second-order valence-corrected chi connectivity index (χ2v) is 4.06. The molecule has 2 rings (SSSR count). The van der Waals surface area contributed by atoms with Gasteiger partial charge in [0.05, 0.1) is 6.04 Å². The highest BCUT2D eigenvalue weighted by Gasteiger charge is 2.16. The van der Waals surface area contributed by atoms with E-state index in [4.69, 9.17) is 9.47 Å². The molecular weight excluding hydrogens is 218 g/mol. The number of ether oxygens (including phenoxy) is 2. The van der Waals surface area contributed by atoms with E-state index in [0.717, 1.165) is 23.5 Å². The lowest BCUT2D eigenvalue weighted by Gasteiger charge is -2.22. The first-order valence-electron chi connectivity index (χ1n) is 5.87. The number of benzene rings is 1. The summed E-state index contributed by atoms with van der Waals surface area (Å²) in [4.78, 5) is 11.1. The third kappa shape index (κ3) is 2.70. The standard InChI is InChI=1S/C13H17NO3/c1-3-11(14-9(2)15)10-4-5-12-13(8-10)17-7-6-16-12/h4-5,8,11H,3,6-7H2,1-2H3,(H,14,15). The second kappa shape index (κ2) is 5.08. The van der Waals surface area contributed by atoms with Crippen molar-refractivity contribution in [2.75, 3.05) is 13.2 Å². The molecule has 0 saturated carbocycles. The van der Waals surface area contributed by atoms with Crippen LogP contribution in [0.1, 0.15) is 31.9 Å². The third-order valence-corrected chi connectivity index (χ3v) is 2.75. The van der Waals surface area contributed by atoms with Gasteiger partial charge in [0.1, 0.15) is 13.2 Å². The molecule has 0 aliphatic carbocycles. The largest absolute Gasteiger partial charge is 0.486 e. The van der Waals surface area contributed by atoms with E-state index in [1.807, 2.05) is 25.1 Å². The van der Waals surface area contributed by atoms with Gasteiger partial charge < -0.3 is 14.8 Å². The van der Waals surface area contributed by atoms with Gasteiger partial charge in [-0.25, -0.2) is 0 Å². The van der Waals surface area contributed by atoms with Crippen molar-refractivity contribution in [3.8, 4) is 11.5 Å². The van der Waals surface area contributed by atoms with Crippen LogP contribution in [0.25, 0.3) is 0 Å². The fourth-order valence-electron chi connectivity index (χ4n) is 1.94. The first-order chi connectivity index (χ1) is 8.20. The zero-order valence-corrected chi connectivity index (χ0v) is 10.2. The van der Waals surface area contributed by atoms with Gasteiger partial charge in [0, 0.05) is 6.92 Å². The Morgan fingerprint density at radius 1 is 1.35 bits per heavy atom. The first kappa shape index (κ1) is 11.8.